The van der Waals surface area contributed by atoms with E-state index in [4.69, 9.17) is 0 Å². The third-order valence-corrected chi connectivity index (χ3v) is 5.48. The number of hydrogen-bond donors (Lipinski definition) is 1. The molecular formula is C20H18FNO4S. The third kappa shape index (κ3) is 4.09. The van der Waals surface area contributed by atoms with E-state index < -0.39 is 27.9 Å². The Balaban J connectivity index is 2.09. The van der Waals surface area contributed by atoms with Crippen molar-refractivity contribution < 1.29 is 22.7 Å². The Hall–Kier alpha value is -2.93. The second kappa shape index (κ2) is 7.36. The highest BCUT2D eigenvalue weighted by Gasteiger charge is 2.33. The topological polar surface area (TPSA) is 74.7 Å². The molecule has 0 bridgehead atoms. The Bertz CT molecular complexity index is 1080. The Labute approximate surface area is 156 Å². The van der Waals surface area contributed by atoms with Crippen LogP contribution in [0.2, 0.25) is 0 Å². The van der Waals surface area contributed by atoms with E-state index >= 15 is 0 Å². The predicted octanol–water partition coefficient (Wildman–Crippen LogP) is 3.44. The second-order valence-electron chi connectivity index (χ2n) is 6.23. The van der Waals surface area contributed by atoms with Crippen LogP contribution in [0.1, 0.15) is 5.56 Å². The van der Waals surface area contributed by atoms with Gasteiger partial charge in [0.1, 0.15) is 11.9 Å². The highest BCUT2D eigenvalue weighted by atomic mass is 32.2. The highest BCUT2D eigenvalue weighted by molar-refractivity contribution is 7.92. The minimum atomic E-state index is -3.92. The van der Waals surface area contributed by atoms with Crippen LogP contribution in [0, 0.1) is 5.82 Å². The van der Waals surface area contributed by atoms with Crippen LogP contribution in [-0.2, 0) is 21.2 Å². The zero-order valence-electron chi connectivity index (χ0n) is 14.5. The van der Waals surface area contributed by atoms with E-state index in [2.05, 4.69) is 0 Å². The maximum Gasteiger partial charge on any atom is 0.327 e. The Kier molecular flexibility index (Phi) is 5.14. The number of carbonyl (C=O) groups is 1. The molecule has 0 aromatic heterocycles. The van der Waals surface area contributed by atoms with Gasteiger partial charge in [0, 0.05) is 6.42 Å². The number of aliphatic carboxylic acids is 1. The predicted molar refractivity (Wildman–Crippen MR) is 103 cm³/mol. The number of fused-ring (bicyclic) bond motifs is 1. The fourth-order valence-corrected chi connectivity index (χ4v) is 4.27. The number of hydrogen-bond acceptors (Lipinski definition) is 3. The molecule has 3 aromatic carbocycles. The smallest absolute Gasteiger partial charge is 0.327 e. The number of benzene rings is 3. The van der Waals surface area contributed by atoms with Gasteiger partial charge in [0.15, 0.2) is 0 Å². The average Bonchev–Trinajstić information content (AvgIpc) is 2.62. The van der Waals surface area contributed by atoms with E-state index in [1.54, 1.807) is 12.1 Å². The van der Waals surface area contributed by atoms with E-state index in [1.165, 1.54) is 12.1 Å². The zero-order chi connectivity index (χ0) is 19.6. The first-order valence-corrected chi connectivity index (χ1v) is 10.1. The van der Waals surface area contributed by atoms with Gasteiger partial charge in [0.05, 0.1) is 11.9 Å². The first-order valence-electron chi connectivity index (χ1n) is 8.22. The van der Waals surface area contributed by atoms with Crippen LogP contribution in [-0.4, -0.2) is 31.8 Å². The maximum absolute atomic E-state index is 13.2. The number of carboxylic acid groups (broad SMARTS) is 1. The summed E-state index contributed by atoms with van der Waals surface area (Å²) in [5.74, 6) is -1.81. The summed E-state index contributed by atoms with van der Waals surface area (Å²) < 4.78 is 38.8. The lowest BCUT2D eigenvalue weighted by Crippen LogP contribution is -2.46. The molecule has 27 heavy (non-hydrogen) atoms. The monoisotopic (exact) mass is 387 g/mol. The number of anilines is 1. The van der Waals surface area contributed by atoms with Crippen LogP contribution in [0.25, 0.3) is 10.8 Å². The van der Waals surface area contributed by atoms with E-state index in [0.717, 1.165) is 39.0 Å². The van der Waals surface area contributed by atoms with Gasteiger partial charge >= 0.3 is 5.97 Å². The lowest BCUT2D eigenvalue weighted by Gasteiger charge is -2.29. The van der Waals surface area contributed by atoms with Gasteiger partial charge < -0.3 is 5.11 Å². The van der Waals surface area contributed by atoms with Crippen molar-refractivity contribution in [3.63, 3.8) is 0 Å². The maximum atomic E-state index is 13.2. The second-order valence-corrected chi connectivity index (χ2v) is 8.09. The molecule has 3 rings (SSSR count). The van der Waals surface area contributed by atoms with Gasteiger partial charge in [0.2, 0.25) is 10.0 Å². The molecule has 3 aromatic rings. The summed E-state index contributed by atoms with van der Waals surface area (Å²) in [6.45, 7) is 0. The van der Waals surface area contributed by atoms with Gasteiger partial charge in [-0.15, -0.1) is 0 Å². The summed E-state index contributed by atoms with van der Waals surface area (Å²) in [6, 6.07) is 16.3. The molecule has 5 nitrogen and oxygen atoms in total. The van der Waals surface area contributed by atoms with Crippen LogP contribution >= 0.6 is 0 Å². The molecule has 7 heteroatoms. The van der Waals surface area contributed by atoms with Crippen molar-refractivity contribution in [2.45, 2.75) is 12.5 Å². The van der Waals surface area contributed by atoms with Crippen LogP contribution < -0.4 is 4.31 Å². The van der Waals surface area contributed by atoms with Crippen molar-refractivity contribution in [3.05, 3.63) is 78.1 Å². The SMILES string of the molecule is CS(=O)(=O)N(c1ccc(F)cc1)[C@@H](Cc1cccc2ccccc12)C(=O)O. The quantitative estimate of drug-likeness (QED) is 0.703. The molecule has 0 unspecified atom stereocenters. The molecule has 0 saturated heterocycles. The molecule has 0 heterocycles. The van der Waals surface area contributed by atoms with Gasteiger partial charge in [-0.25, -0.2) is 17.6 Å². The molecular weight excluding hydrogens is 369 g/mol. The summed E-state index contributed by atoms with van der Waals surface area (Å²) in [4.78, 5) is 12.0. The first kappa shape index (κ1) is 18.8. The molecule has 140 valence electrons. The number of rotatable bonds is 6. The van der Waals surface area contributed by atoms with Gasteiger partial charge in [-0.3, -0.25) is 4.31 Å². The Morgan fingerprint density at radius 1 is 1.04 bits per heavy atom. The molecule has 0 aliphatic carbocycles. The van der Waals surface area contributed by atoms with E-state index in [9.17, 15) is 22.7 Å². The van der Waals surface area contributed by atoms with Crippen molar-refractivity contribution in [3.8, 4) is 0 Å². The summed E-state index contributed by atoms with van der Waals surface area (Å²) in [7, 11) is -3.92. The standard InChI is InChI=1S/C20H18FNO4S/c1-27(25,26)22(17-11-9-16(21)10-12-17)19(20(23)24)13-15-7-4-6-14-5-2-3-8-18(14)15/h2-12,19H,13H2,1H3,(H,23,24)/t19-/m0/s1. The van der Waals surface area contributed by atoms with Gasteiger partial charge in [-0.2, -0.15) is 0 Å². The lowest BCUT2D eigenvalue weighted by atomic mass is 9.98. The molecule has 1 N–H and O–H groups in total. The Morgan fingerprint density at radius 2 is 1.67 bits per heavy atom. The summed E-state index contributed by atoms with van der Waals surface area (Å²) in [5.41, 5.74) is 0.822. The Morgan fingerprint density at radius 3 is 2.30 bits per heavy atom. The van der Waals surface area contributed by atoms with Crippen molar-refractivity contribution in [1.82, 2.24) is 0 Å². The fourth-order valence-electron chi connectivity index (χ4n) is 3.14. The molecule has 0 amide bonds. The van der Waals surface area contributed by atoms with Crippen molar-refractivity contribution in [1.29, 1.82) is 0 Å². The van der Waals surface area contributed by atoms with E-state index in [-0.39, 0.29) is 12.1 Å². The molecule has 0 spiro atoms. The summed E-state index contributed by atoms with van der Waals surface area (Å²) in [6.07, 6.45) is 0.913. The average molecular weight is 387 g/mol. The van der Waals surface area contributed by atoms with Crippen LogP contribution in [0.5, 0.6) is 0 Å². The van der Waals surface area contributed by atoms with Gasteiger partial charge in [-0.1, -0.05) is 42.5 Å². The molecule has 0 radical (unpaired) electrons. The van der Waals surface area contributed by atoms with Gasteiger partial charge in [0.25, 0.3) is 0 Å². The fraction of sp³-hybridized carbons (Fsp3) is 0.150. The third-order valence-electron chi connectivity index (χ3n) is 4.30. The van der Waals surface area contributed by atoms with E-state index in [1.807, 2.05) is 30.3 Å². The van der Waals surface area contributed by atoms with Crippen molar-refractivity contribution >= 4 is 32.5 Å². The largest absolute Gasteiger partial charge is 0.480 e. The number of halogens is 1. The number of carboxylic acids is 1. The van der Waals surface area contributed by atoms with E-state index in [0.29, 0.717) is 0 Å². The molecule has 0 fully saturated rings. The zero-order valence-corrected chi connectivity index (χ0v) is 15.4. The first-order chi connectivity index (χ1) is 12.8. The number of sulfonamides is 1. The van der Waals surface area contributed by atoms with Crippen molar-refractivity contribution in [2.24, 2.45) is 0 Å². The molecule has 1 atom stereocenters. The van der Waals surface area contributed by atoms with Crippen LogP contribution in [0.4, 0.5) is 10.1 Å². The van der Waals surface area contributed by atoms with Crippen molar-refractivity contribution in [2.75, 3.05) is 10.6 Å². The normalized spacial score (nSPS) is 12.7. The summed E-state index contributed by atoms with van der Waals surface area (Å²) >= 11 is 0. The van der Waals surface area contributed by atoms with Crippen LogP contribution in [0.3, 0.4) is 0 Å². The molecule has 0 aliphatic rings. The number of nitrogens with zero attached hydrogens (tertiary/aromatic N) is 1. The highest BCUT2D eigenvalue weighted by Crippen LogP contribution is 2.26. The minimum Gasteiger partial charge on any atom is -0.480 e. The lowest BCUT2D eigenvalue weighted by molar-refractivity contribution is -0.138. The minimum absolute atomic E-state index is 0.0267. The van der Waals surface area contributed by atoms with Crippen LogP contribution in [0.15, 0.2) is 66.7 Å². The molecule has 0 saturated carbocycles. The van der Waals surface area contributed by atoms with Gasteiger partial charge in [-0.05, 0) is 40.6 Å². The molecule has 0 aliphatic heterocycles. The summed E-state index contributed by atoms with van der Waals surface area (Å²) in [5, 5.41) is 11.6.